The number of quaternary nitrogens is 2. The van der Waals surface area contributed by atoms with E-state index in [1.54, 1.807) is 0 Å². The first kappa shape index (κ1) is 36.5. The van der Waals surface area contributed by atoms with Crippen molar-refractivity contribution >= 4 is 8.25 Å². The minimum atomic E-state index is -3.37. The molecular weight excluding hydrogens is 419 g/mol. The molecule has 5 nitrogen and oxygen atoms in total. The van der Waals surface area contributed by atoms with Crippen LogP contribution in [0.25, 0.3) is 0 Å². The summed E-state index contributed by atoms with van der Waals surface area (Å²) in [4.78, 5) is 17.0. The molecule has 0 saturated carbocycles. The van der Waals surface area contributed by atoms with Crippen LogP contribution in [0.5, 0.6) is 0 Å². The molecule has 0 spiro atoms. The van der Waals surface area contributed by atoms with Crippen LogP contribution in [0, 0.1) is 0 Å². The van der Waals surface area contributed by atoms with Gasteiger partial charge in [-0.15, -0.1) is 0 Å². The summed E-state index contributed by atoms with van der Waals surface area (Å²) >= 11 is 0. The van der Waals surface area contributed by atoms with Crippen molar-refractivity contribution in [1.82, 2.24) is 0 Å². The molecule has 0 unspecified atom stereocenters. The summed E-state index contributed by atoms with van der Waals surface area (Å²) in [6, 6.07) is 0. The van der Waals surface area contributed by atoms with Gasteiger partial charge in [-0.2, -0.15) is 0 Å². The second kappa shape index (κ2) is 25.6. The van der Waals surface area contributed by atoms with E-state index in [9.17, 15) is 0 Å². The van der Waals surface area contributed by atoms with Gasteiger partial charge in [0.1, 0.15) is 0 Å². The lowest BCUT2D eigenvalue weighted by atomic mass is 10.2. The molecule has 0 aliphatic heterocycles. The first-order valence-electron chi connectivity index (χ1n) is 13.6. The Morgan fingerprint density at radius 2 is 0.594 bits per heavy atom. The lowest BCUT2D eigenvalue weighted by Crippen LogP contribution is -2.46. The Kier molecular flexibility index (Phi) is 29.2. The molecule has 0 radical (unpaired) electrons. The van der Waals surface area contributed by atoms with Crippen LogP contribution in [0.3, 0.4) is 0 Å². The van der Waals surface area contributed by atoms with Gasteiger partial charge in [0.15, 0.2) is 0 Å². The van der Waals surface area contributed by atoms with E-state index >= 15 is 0 Å². The Balaban J connectivity index is -0.000000450. The average Bonchev–Trinajstić information content (AvgIpc) is 2.76. The maximum Gasteiger partial charge on any atom is 0.276 e. The first-order chi connectivity index (χ1) is 15.1. The van der Waals surface area contributed by atoms with Crippen molar-refractivity contribution in [2.75, 3.05) is 53.4 Å². The van der Waals surface area contributed by atoms with Crippen molar-refractivity contribution in [3.8, 4) is 0 Å². The molecule has 196 valence electrons. The Labute approximate surface area is 203 Å². The molecule has 6 heteroatoms. The fourth-order valence-electron chi connectivity index (χ4n) is 3.91. The highest BCUT2D eigenvalue weighted by atomic mass is 31.1. The average molecular weight is 480 g/mol. The summed E-state index contributed by atoms with van der Waals surface area (Å²) in [6.45, 7) is 22.1. The van der Waals surface area contributed by atoms with Gasteiger partial charge < -0.3 is 18.8 Å². The monoisotopic (exact) mass is 479 g/mol. The zero-order chi connectivity index (χ0) is 25.3. The molecule has 0 atom stereocenters. The van der Waals surface area contributed by atoms with Gasteiger partial charge in [-0.25, -0.2) is 0 Å². The second-order valence-electron chi connectivity index (χ2n) is 9.93. The Morgan fingerprint density at radius 1 is 0.469 bits per heavy atom. The van der Waals surface area contributed by atoms with Crippen molar-refractivity contribution in [2.45, 2.75) is 119 Å². The quantitative estimate of drug-likeness (QED) is 0.178. The maximum atomic E-state index is 8.48. The highest BCUT2D eigenvalue weighted by molar-refractivity contribution is 7.27. The van der Waals surface area contributed by atoms with Crippen LogP contribution in [0.1, 0.15) is 119 Å². The zero-order valence-electron chi connectivity index (χ0n) is 23.3. The van der Waals surface area contributed by atoms with E-state index in [2.05, 4.69) is 55.6 Å². The lowest BCUT2D eigenvalue weighted by Gasteiger charge is -2.34. The van der Waals surface area contributed by atoms with Gasteiger partial charge in [0.25, 0.3) is 8.25 Å². The van der Waals surface area contributed by atoms with Gasteiger partial charge in [-0.3, -0.25) is 0 Å². The predicted octanol–water partition coefficient (Wildman–Crippen LogP) is 6.03. The van der Waals surface area contributed by atoms with Crippen molar-refractivity contribution in [1.29, 1.82) is 0 Å². The number of hydrogen-bond acceptors (Lipinski definition) is 3. The number of hydrogen-bond donors (Lipinski definition) is 0. The van der Waals surface area contributed by atoms with Crippen molar-refractivity contribution < 1.29 is 23.3 Å². The van der Waals surface area contributed by atoms with E-state index in [-0.39, 0.29) is 0 Å². The van der Waals surface area contributed by atoms with Crippen LogP contribution < -0.4 is 9.79 Å². The summed E-state index contributed by atoms with van der Waals surface area (Å²) < 4.78 is 11.1. The van der Waals surface area contributed by atoms with Crippen LogP contribution >= 0.6 is 8.25 Å². The molecule has 0 saturated heterocycles. The molecule has 0 amide bonds. The van der Waals surface area contributed by atoms with Gasteiger partial charge in [0.05, 0.1) is 53.4 Å². The van der Waals surface area contributed by atoms with Gasteiger partial charge in [0, 0.05) is 0 Å². The van der Waals surface area contributed by atoms with Crippen LogP contribution in [-0.2, 0) is 4.57 Å². The molecule has 32 heavy (non-hydrogen) atoms. The standard InChI is InChI=1S/2C13H30N.HO3P/c2*1-5-8-11-14(4,12-9-6-2)13-10-7-3;1-4(2)3/h2*5-13H2,1-4H3;(H,1,2,3)/q2*+1;/p-1. The Bertz CT molecular complexity index is 318. The third-order valence-electron chi connectivity index (χ3n) is 6.31. The van der Waals surface area contributed by atoms with E-state index in [1.807, 2.05) is 0 Å². The van der Waals surface area contributed by atoms with Crippen LogP contribution in [0.2, 0.25) is 0 Å². The summed E-state index contributed by atoms with van der Waals surface area (Å²) in [6.07, 6.45) is 16.4. The van der Waals surface area contributed by atoms with Gasteiger partial charge in [-0.1, -0.05) is 84.6 Å². The molecule has 0 aromatic rings. The topological polar surface area (TPSA) is 63.2 Å². The number of nitrogens with zero attached hydrogens (tertiary/aromatic N) is 2. The number of unbranched alkanes of at least 4 members (excludes halogenated alkanes) is 6. The Hall–Kier alpha value is -0.0600. The Morgan fingerprint density at radius 3 is 0.688 bits per heavy atom. The van der Waals surface area contributed by atoms with E-state index in [4.69, 9.17) is 14.4 Å². The minimum Gasteiger partial charge on any atom is -0.598 e. The normalized spacial score (nSPS) is 11.3. The van der Waals surface area contributed by atoms with Crippen LogP contribution in [0.15, 0.2) is 0 Å². The molecule has 0 aliphatic carbocycles. The summed E-state index contributed by atoms with van der Waals surface area (Å²) in [5, 5.41) is 0. The van der Waals surface area contributed by atoms with Crippen molar-refractivity contribution in [3.63, 3.8) is 0 Å². The number of rotatable bonds is 18. The van der Waals surface area contributed by atoms with E-state index in [1.165, 1.54) is 125 Å². The fourth-order valence-corrected chi connectivity index (χ4v) is 3.91. The van der Waals surface area contributed by atoms with Gasteiger partial charge in [-0.05, 0) is 38.5 Å². The molecule has 0 rings (SSSR count). The highest BCUT2D eigenvalue weighted by Gasteiger charge is 2.19. The van der Waals surface area contributed by atoms with Crippen molar-refractivity contribution in [3.05, 3.63) is 0 Å². The summed E-state index contributed by atoms with van der Waals surface area (Å²) in [7, 11) is 1.52. The molecule has 0 N–H and O–H groups in total. The smallest absolute Gasteiger partial charge is 0.276 e. The second-order valence-corrected chi connectivity index (χ2v) is 10.4. The SMILES string of the molecule is CCCC[N+](C)(CCCC)CCCC.CCCC[N+](C)(CCCC)CCCC.O=[P+]([O-])[O-]. The molecular formula is C26H60N2O3P+. The van der Waals surface area contributed by atoms with Gasteiger partial charge in [0.2, 0.25) is 0 Å². The van der Waals surface area contributed by atoms with E-state index in [0.717, 1.165) is 0 Å². The fraction of sp³-hybridized carbons (Fsp3) is 1.00. The van der Waals surface area contributed by atoms with Crippen LogP contribution in [-0.4, -0.2) is 62.3 Å². The first-order valence-corrected chi connectivity index (χ1v) is 14.7. The van der Waals surface area contributed by atoms with Crippen LogP contribution in [0.4, 0.5) is 0 Å². The van der Waals surface area contributed by atoms with E-state index < -0.39 is 8.25 Å². The molecule has 0 aromatic carbocycles. The van der Waals surface area contributed by atoms with Crippen molar-refractivity contribution in [2.24, 2.45) is 0 Å². The highest BCUT2D eigenvalue weighted by Crippen LogP contribution is 2.11. The zero-order valence-corrected chi connectivity index (χ0v) is 24.2. The summed E-state index contributed by atoms with van der Waals surface area (Å²) in [5.74, 6) is 0. The maximum absolute atomic E-state index is 8.48. The third kappa shape index (κ3) is 28.0. The van der Waals surface area contributed by atoms with E-state index in [0.29, 0.717) is 0 Å². The molecule has 0 heterocycles. The largest absolute Gasteiger partial charge is 0.598 e. The predicted molar refractivity (Wildman–Crippen MR) is 139 cm³/mol. The molecule has 0 aromatic heterocycles. The molecule has 0 bridgehead atoms. The summed E-state index contributed by atoms with van der Waals surface area (Å²) in [5.41, 5.74) is 0. The molecule has 0 fully saturated rings. The minimum absolute atomic E-state index is 1.32. The molecule has 0 aliphatic rings. The van der Waals surface area contributed by atoms with Gasteiger partial charge >= 0.3 is 0 Å². The lowest BCUT2D eigenvalue weighted by molar-refractivity contribution is -0.910. The third-order valence-corrected chi connectivity index (χ3v) is 6.31.